The number of hydrogen-bond donors (Lipinski definition) is 0. The average Bonchev–Trinajstić information content (AvgIpc) is 2.87. The second kappa shape index (κ2) is 10.8. The van der Waals surface area contributed by atoms with Gasteiger partial charge in [-0.05, 0) is 73.9 Å². The number of piperidine rings is 1. The number of carbonyl (C=O) groups excluding carboxylic acids is 1. The molecular weight excluding hydrogens is 420 g/mol. The van der Waals surface area contributed by atoms with Crippen molar-refractivity contribution in [1.29, 1.82) is 0 Å². The molecule has 1 saturated heterocycles. The quantitative estimate of drug-likeness (QED) is 0.467. The summed E-state index contributed by atoms with van der Waals surface area (Å²) in [7, 11) is 1.74. The summed E-state index contributed by atoms with van der Waals surface area (Å²) in [5.41, 5.74) is 2.22. The van der Waals surface area contributed by atoms with E-state index in [-0.39, 0.29) is 17.4 Å². The van der Waals surface area contributed by atoms with Crippen LogP contribution >= 0.6 is 0 Å². The lowest BCUT2D eigenvalue weighted by atomic mass is 9.57. The normalized spacial score (nSPS) is 24.9. The predicted octanol–water partition coefficient (Wildman–Crippen LogP) is 5.79. The highest BCUT2D eigenvalue weighted by Crippen LogP contribution is 2.50. The van der Waals surface area contributed by atoms with Crippen LogP contribution in [0.1, 0.15) is 55.5 Å². The topological polar surface area (TPSA) is 32.8 Å². The maximum Gasteiger partial charge on any atom is 0.254 e. The van der Waals surface area contributed by atoms with Gasteiger partial charge in [0.15, 0.2) is 0 Å². The van der Waals surface area contributed by atoms with Crippen molar-refractivity contribution in [2.75, 3.05) is 33.3 Å². The van der Waals surface area contributed by atoms with E-state index in [0.29, 0.717) is 11.8 Å². The third-order valence-corrected chi connectivity index (χ3v) is 7.90. The fraction of sp³-hybridized carbons (Fsp3) is 0.500. The number of rotatable bonds is 8. The number of ether oxygens (including phenoxy) is 1. The molecule has 4 nitrogen and oxygen atoms in total. The molecular formula is C30H40N2O2. The van der Waals surface area contributed by atoms with Gasteiger partial charge in [-0.3, -0.25) is 9.69 Å². The minimum atomic E-state index is 0.0569. The molecule has 0 radical (unpaired) electrons. The molecule has 1 saturated carbocycles. The van der Waals surface area contributed by atoms with Crippen LogP contribution < -0.4 is 4.74 Å². The Labute approximate surface area is 205 Å². The smallest absolute Gasteiger partial charge is 0.254 e. The van der Waals surface area contributed by atoms with E-state index in [1.165, 1.54) is 5.56 Å². The highest BCUT2D eigenvalue weighted by molar-refractivity contribution is 5.94. The maximum atomic E-state index is 13.7. The first-order valence-corrected chi connectivity index (χ1v) is 12.8. The van der Waals surface area contributed by atoms with Gasteiger partial charge >= 0.3 is 0 Å². The van der Waals surface area contributed by atoms with Gasteiger partial charge in [-0.15, -0.1) is 6.58 Å². The van der Waals surface area contributed by atoms with Gasteiger partial charge in [0.2, 0.25) is 0 Å². The summed E-state index contributed by atoms with van der Waals surface area (Å²) < 4.78 is 5.62. The molecule has 0 bridgehead atoms. The Hall–Kier alpha value is -2.59. The van der Waals surface area contributed by atoms with Crippen molar-refractivity contribution in [3.63, 3.8) is 0 Å². The van der Waals surface area contributed by atoms with Gasteiger partial charge in [-0.25, -0.2) is 0 Å². The highest BCUT2D eigenvalue weighted by atomic mass is 16.5. The zero-order valence-corrected chi connectivity index (χ0v) is 21.1. The molecule has 1 aliphatic carbocycles. The molecule has 2 unspecified atom stereocenters. The molecule has 4 rings (SSSR count). The molecule has 1 amide bonds. The molecule has 1 aliphatic heterocycles. The van der Waals surface area contributed by atoms with Gasteiger partial charge < -0.3 is 9.64 Å². The largest absolute Gasteiger partial charge is 0.497 e. The average molecular weight is 461 g/mol. The van der Waals surface area contributed by atoms with Crippen LogP contribution in [-0.2, 0) is 5.41 Å². The first-order valence-electron chi connectivity index (χ1n) is 12.8. The molecule has 2 fully saturated rings. The van der Waals surface area contributed by atoms with Crippen molar-refractivity contribution in [1.82, 2.24) is 9.80 Å². The van der Waals surface area contributed by atoms with Crippen LogP contribution in [-0.4, -0.2) is 55.0 Å². The molecule has 1 heterocycles. The lowest BCUT2D eigenvalue weighted by Crippen LogP contribution is -2.57. The van der Waals surface area contributed by atoms with Gasteiger partial charge in [0.1, 0.15) is 5.75 Å². The summed E-state index contributed by atoms with van der Waals surface area (Å²) in [6, 6.07) is 18.7. The minimum Gasteiger partial charge on any atom is -0.497 e. The van der Waals surface area contributed by atoms with Gasteiger partial charge in [-0.2, -0.15) is 0 Å². The number of nitrogens with zero attached hydrogens (tertiary/aromatic N) is 2. The van der Waals surface area contributed by atoms with Crippen molar-refractivity contribution < 1.29 is 9.53 Å². The highest BCUT2D eigenvalue weighted by Gasteiger charge is 2.49. The SMILES string of the molecule is C=CCN1CCC2(c3cccc(OC)c3)C[C@@H](N(CC(C)C)C(=O)c3ccccc3)CCC2C1. The Morgan fingerprint density at radius 2 is 2.00 bits per heavy atom. The van der Waals surface area contributed by atoms with Crippen LogP contribution in [0.4, 0.5) is 0 Å². The monoisotopic (exact) mass is 460 g/mol. The Bertz CT molecular complexity index is 973. The van der Waals surface area contributed by atoms with Gasteiger partial charge in [0, 0.05) is 36.7 Å². The lowest BCUT2D eigenvalue weighted by Gasteiger charge is -2.54. The molecule has 0 spiro atoms. The molecule has 3 atom stereocenters. The number of likely N-dealkylation sites (tertiary alicyclic amines) is 1. The zero-order chi connectivity index (χ0) is 24.1. The second-order valence-electron chi connectivity index (χ2n) is 10.5. The van der Waals surface area contributed by atoms with E-state index in [1.807, 2.05) is 42.5 Å². The van der Waals surface area contributed by atoms with E-state index in [2.05, 4.69) is 48.4 Å². The van der Waals surface area contributed by atoms with E-state index in [9.17, 15) is 4.79 Å². The first kappa shape index (κ1) is 24.5. The fourth-order valence-electron chi connectivity index (χ4n) is 6.27. The van der Waals surface area contributed by atoms with Gasteiger partial charge in [0.05, 0.1) is 7.11 Å². The molecule has 2 aliphatic rings. The summed E-state index contributed by atoms with van der Waals surface area (Å²) in [6.45, 7) is 12.3. The molecule has 0 aromatic heterocycles. The van der Waals surface area contributed by atoms with Crippen LogP contribution in [0.5, 0.6) is 5.75 Å². The number of hydrogen-bond acceptors (Lipinski definition) is 3. The van der Waals surface area contributed by atoms with Crippen molar-refractivity contribution in [3.05, 3.63) is 78.4 Å². The van der Waals surface area contributed by atoms with E-state index < -0.39 is 0 Å². The second-order valence-corrected chi connectivity index (χ2v) is 10.5. The first-order chi connectivity index (χ1) is 16.5. The molecule has 182 valence electrons. The van der Waals surface area contributed by atoms with Crippen LogP contribution in [0, 0.1) is 11.8 Å². The summed E-state index contributed by atoms with van der Waals surface area (Å²) in [4.78, 5) is 18.4. The van der Waals surface area contributed by atoms with E-state index in [4.69, 9.17) is 4.74 Å². The van der Waals surface area contributed by atoms with Crippen LogP contribution in [0.15, 0.2) is 67.3 Å². The summed E-state index contributed by atoms with van der Waals surface area (Å²) in [5.74, 6) is 2.08. The third kappa shape index (κ3) is 5.07. The van der Waals surface area contributed by atoms with E-state index in [1.54, 1.807) is 7.11 Å². The molecule has 4 heteroatoms. The van der Waals surface area contributed by atoms with E-state index >= 15 is 0 Å². The number of carbonyl (C=O) groups is 1. The molecule has 2 aromatic carbocycles. The standard InChI is InChI=1S/C30H40N2O2/c1-5-17-31-18-16-30(25-12-9-13-28(19-25)34-4)20-27(15-14-26(30)22-31)32(21-23(2)3)29(33)24-10-7-6-8-11-24/h5-13,19,23,26-27H,1,14-18,20-22H2,2-4H3/t26?,27-,30?/m0/s1. The van der Waals surface area contributed by atoms with Crippen molar-refractivity contribution in [2.45, 2.75) is 51.0 Å². The summed E-state index contributed by atoms with van der Waals surface area (Å²) >= 11 is 0. The van der Waals surface area contributed by atoms with Crippen molar-refractivity contribution >= 4 is 5.91 Å². The van der Waals surface area contributed by atoms with Crippen molar-refractivity contribution in [2.24, 2.45) is 11.8 Å². The predicted molar refractivity (Wildman–Crippen MR) is 139 cm³/mol. The molecule has 2 aromatic rings. The van der Waals surface area contributed by atoms with Gasteiger partial charge in [-0.1, -0.05) is 50.3 Å². The Kier molecular flexibility index (Phi) is 7.77. The third-order valence-electron chi connectivity index (χ3n) is 7.90. The summed E-state index contributed by atoms with van der Waals surface area (Å²) in [6.07, 6.45) is 6.32. The zero-order valence-electron chi connectivity index (χ0n) is 21.1. The molecule has 34 heavy (non-hydrogen) atoms. The van der Waals surface area contributed by atoms with Crippen LogP contribution in [0.3, 0.4) is 0 Å². The summed E-state index contributed by atoms with van der Waals surface area (Å²) in [5, 5.41) is 0. The Morgan fingerprint density at radius 1 is 1.21 bits per heavy atom. The van der Waals surface area contributed by atoms with Gasteiger partial charge in [0.25, 0.3) is 5.91 Å². The number of amides is 1. The number of methoxy groups -OCH3 is 1. The molecule has 0 N–H and O–H groups in total. The van der Waals surface area contributed by atoms with Crippen LogP contribution in [0.25, 0.3) is 0 Å². The maximum absolute atomic E-state index is 13.7. The minimum absolute atomic E-state index is 0.0569. The van der Waals surface area contributed by atoms with Crippen LogP contribution in [0.2, 0.25) is 0 Å². The Morgan fingerprint density at radius 3 is 2.71 bits per heavy atom. The van der Waals surface area contributed by atoms with E-state index in [0.717, 1.165) is 63.2 Å². The fourth-order valence-corrected chi connectivity index (χ4v) is 6.27. The lowest BCUT2D eigenvalue weighted by molar-refractivity contribution is 0.0138. The number of fused-ring (bicyclic) bond motifs is 1. The number of benzene rings is 2. The Balaban J connectivity index is 1.69. The van der Waals surface area contributed by atoms with Crippen molar-refractivity contribution in [3.8, 4) is 5.75 Å².